The average molecular weight is 369 g/mol. The molecule has 1 saturated heterocycles. The second kappa shape index (κ2) is 6.25. The lowest BCUT2D eigenvalue weighted by Crippen LogP contribution is -2.37. The summed E-state index contributed by atoms with van der Waals surface area (Å²) in [5.41, 5.74) is 3.12. The Morgan fingerprint density at radius 2 is 1.92 bits per heavy atom. The molecular weight excluding hydrogens is 350 g/mol. The average Bonchev–Trinajstić information content (AvgIpc) is 3.23. The molecule has 26 heavy (non-hydrogen) atoms. The van der Waals surface area contributed by atoms with Crippen LogP contribution in [0.4, 0.5) is 0 Å². The molecule has 2 aromatic heterocycles. The lowest BCUT2D eigenvalue weighted by Gasteiger charge is -2.23. The monoisotopic (exact) mass is 369 g/mol. The summed E-state index contributed by atoms with van der Waals surface area (Å²) in [7, 11) is -1.36. The fraction of sp³-hybridized carbons (Fsp3) is 0.263. The fourth-order valence-electron chi connectivity index (χ4n) is 3.32. The van der Waals surface area contributed by atoms with Crippen molar-refractivity contribution < 1.29 is 13.2 Å². The number of hydrogen-bond acceptors (Lipinski definition) is 4. The maximum atomic E-state index is 12.8. The molecule has 0 spiro atoms. The maximum Gasteiger partial charge on any atom is 0.255 e. The Bertz CT molecular complexity index is 1070. The number of pyridine rings is 1. The van der Waals surface area contributed by atoms with E-state index in [1.165, 1.54) is 0 Å². The van der Waals surface area contributed by atoms with Crippen molar-refractivity contribution in [3.8, 4) is 11.3 Å². The van der Waals surface area contributed by atoms with Crippen molar-refractivity contribution in [3.63, 3.8) is 0 Å². The van der Waals surface area contributed by atoms with E-state index in [9.17, 15) is 13.2 Å². The topological polar surface area (TPSA) is 71.8 Å². The van der Waals surface area contributed by atoms with Gasteiger partial charge in [-0.15, -0.1) is 0 Å². The second-order valence-electron chi connectivity index (χ2n) is 6.65. The van der Waals surface area contributed by atoms with Crippen LogP contribution in [0.25, 0.3) is 16.9 Å². The van der Waals surface area contributed by atoms with E-state index in [2.05, 4.69) is 4.98 Å². The Morgan fingerprint density at radius 1 is 1.15 bits per heavy atom. The highest BCUT2D eigenvalue weighted by atomic mass is 32.2. The number of carbonyl (C=O) groups excluding carboxylic acids is 1. The molecule has 1 aliphatic rings. The maximum absolute atomic E-state index is 12.8. The van der Waals surface area contributed by atoms with Crippen molar-refractivity contribution >= 4 is 21.4 Å². The molecule has 0 radical (unpaired) electrons. The summed E-state index contributed by atoms with van der Waals surface area (Å²) in [5.74, 6) is 0.0146. The van der Waals surface area contributed by atoms with Crippen molar-refractivity contribution in [2.45, 2.75) is 12.5 Å². The number of imidazole rings is 1. The van der Waals surface area contributed by atoms with Gasteiger partial charge in [-0.3, -0.25) is 4.79 Å². The summed E-state index contributed by atoms with van der Waals surface area (Å²) in [4.78, 5) is 18.9. The Balaban J connectivity index is 1.62. The first-order valence-corrected chi connectivity index (χ1v) is 10.3. The van der Waals surface area contributed by atoms with Gasteiger partial charge < -0.3 is 9.30 Å². The number of hydrogen-bond donors (Lipinski definition) is 0. The molecule has 1 fully saturated rings. The van der Waals surface area contributed by atoms with Gasteiger partial charge in [0, 0.05) is 31.0 Å². The molecule has 1 atom stereocenters. The summed E-state index contributed by atoms with van der Waals surface area (Å²) in [5, 5.41) is 0. The van der Waals surface area contributed by atoms with Gasteiger partial charge >= 0.3 is 0 Å². The second-order valence-corrected chi connectivity index (χ2v) is 8.88. The van der Waals surface area contributed by atoms with Gasteiger partial charge in [0.25, 0.3) is 5.91 Å². The zero-order chi connectivity index (χ0) is 18.3. The number of fused-ring (bicyclic) bond motifs is 1. The van der Waals surface area contributed by atoms with Crippen LogP contribution in [0.5, 0.6) is 0 Å². The molecule has 6 nitrogen and oxygen atoms in total. The third-order valence-corrected chi connectivity index (χ3v) is 6.59. The van der Waals surface area contributed by atoms with E-state index >= 15 is 0 Å². The third-order valence-electron chi connectivity index (χ3n) is 4.84. The van der Waals surface area contributed by atoms with Crippen molar-refractivity contribution in [1.82, 2.24) is 14.3 Å². The quantitative estimate of drug-likeness (QED) is 0.710. The van der Waals surface area contributed by atoms with Crippen LogP contribution in [0.15, 0.2) is 54.9 Å². The standard InChI is InChI=1S/C19H19N3O3S/c1-21(16-9-10-26(24,25)13-16)19(23)15-7-8-18-20-17(12-22(18)11-15)14-5-3-2-4-6-14/h2-8,11-12,16H,9-10,13H2,1H3. The molecule has 3 heterocycles. The Labute approximate surface area is 152 Å². The predicted octanol–water partition coefficient (Wildman–Crippen LogP) is 2.26. The molecular formula is C19H19N3O3S. The van der Waals surface area contributed by atoms with E-state index < -0.39 is 9.84 Å². The molecule has 0 saturated carbocycles. The van der Waals surface area contributed by atoms with E-state index in [0.29, 0.717) is 12.0 Å². The largest absolute Gasteiger partial charge is 0.338 e. The molecule has 134 valence electrons. The number of aromatic nitrogens is 2. The highest BCUT2D eigenvalue weighted by molar-refractivity contribution is 7.91. The van der Waals surface area contributed by atoms with E-state index in [0.717, 1.165) is 16.9 Å². The van der Waals surface area contributed by atoms with Crippen molar-refractivity contribution in [2.75, 3.05) is 18.6 Å². The normalized spacial score (nSPS) is 18.9. The Morgan fingerprint density at radius 3 is 2.62 bits per heavy atom. The minimum Gasteiger partial charge on any atom is -0.338 e. The zero-order valence-corrected chi connectivity index (χ0v) is 15.2. The van der Waals surface area contributed by atoms with Crippen LogP contribution < -0.4 is 0 Å². The lowest BCUT2D eigenvalue weighted by atomic mass is 10.2. The third kappa shape index (κ3) is 3.10. The van der Waals surface area contributed by atoms with E-state index in [-0.39, 0.29) is 23.5 Å². The summed E-state index contributed by atoms with van der Waals surface area (Å²) < 4.78 is 25.2. The first-order chi connectivity index (χ1) is 12.4. The molecule has 7 heteroatoms. The molecule has 0 N–H and O–H groups in total. The molecule has 4 rings (SSSR count). The summed E-state index contributed by atoms with van der Waals surface area (Å²) in [6, 6.07) is 13.1. The van der Waals surface area contributed by atoms with Gasteiger partial charge in [0.05, 0.1) is 22.8 Å². The highest BCUT2D eigenvalue weighted by Gasteiger charge is 2.33. The van der Waals surface area contributed by atoms with Crippen LogP contribution in [0.2, 0.25) is 0 Å². The highest BCUT2D eigenvalue weighted by Crippen LogP contribution is 2.21. The number of sulfone groups is 1. The SMILES string of the molecule is CN(C(=O)c1ccc2nc(-c3ccccc3)cn2c1)C1CCS(=O)(=O)C1. The van der Waals surface area contributed by atoms with Crippen LogP contribution in [0.1, 0.15) is 16.8 Å². The van der Waals surface area contributed by atoms with Gasteiger partial charge in [-0.25, -0.2) is 13.4 Å². The predicted molar refractivity (Wildman–Crippen MR) is 99.8 cm³/mol. The van der Waals surface area contributed by atoms with E-state index in [1.54, 1.807) is 30.3 Å². The first-order valence-electron chi connectivity index (χ1n) is 8.45. The summed E-state index contributed by atoms with van der Waals surface area (Å²) in [6.45, 7) is 0. The number of nitrogens with zero attached hydrogens (tertiary/aromatic N) is 3. The van der Waals surface area contributed by atoms with Crippen molar-refractivity contribution in [2.24, 2.45) is 0 Å². The van der Waals surface area contributed by atoms with Gasteiger partial charge in [-0.1, -0.05) is 30.3 Å². The Hall–Kier alpha value is -2.67. The van der Waals surface area contributed by atoms with Crippen molar-refractivity contribution in [1.29, 1.82) is 0 Å². The molecule has 0 aliphatic carbocycles. The van der Waals surface area contributed by atoms with Crippen LogP contribution in [-0.2, 0) is 9.84 Å². The number of carbonyl (C=O) groups is 1. The van der Waals surface area contributed by atoms with Gasteiger partial charge in [0.1, 0.15) is 5.65 Å². The van der Waals surface area contributed by atoms with E-state index in [1.807, 2.05) is 40.9 Å². The van der Waals surface area contributed by atoms with Crippen LogP contribution in [0, 0.1) is 0 Å². The van der Waals surface area contributed by atoms with Gasteiger partial charge in [-0.2, -0.15) is 0 Å². The molecule has 1 amide bonds. The summed E-state index contributed by atoms with van der Waals surface area (Å²) >= 11 is 0. The van der Waals surface area contributed by atoms with Crippen LogP contribution >= 0.6 is 0 Å². The van der Waals surface area contributed by atoms with Gasteiger partial charge in [0.15, 0.2) is 9.84 Å². The van der Waals surface area contributed by atoms with Crippen LogP contribution in [0.3, 0.4) is 0 Å². The minimum absolute atomic E-state index is 0.0424. The number of rotatable bonds is 3. The summed E-state index contributed by atoms with van der Waals surface area (Å²) in [6.07, 6.45) is 4.13. The van der Waals surface area contributed by atoms with Gasteiger partial charge in [0.2, 0.25) is 0 Å². The van der Waals surface area contributed by atoms with Gasteiger partial charge in [-0.05, 0) is 18.6 Å². The molecule has 1 aliphatic heterocycles. The van der Waals surface area contributed by atoms with E-state index in [4.69, 9.17) is 0 Å². The first kappa shape index (κ1) is 16.8. The molecule has 1 aromatic carbocycles. The van der Waals surface area contributed by atoms with Crippen molar-refractivity contribution in [3.05, 3.63) is 60.4 Å². The van der Waals surface area contributed by atoms with Crippen LogP contribution in [-0.4, -0.2) is 53.2 Å². The molecule has 0 bridgehead atoms. The smallest absolute Gasteiger partial charge is 0.255 e. The Kier molecular flexibility index (Phi) is 4.03. The minimum atomic E-state index is -3.03. The molecule has 1 unspecified atom stereocenters. The zero-order valence-electron chi connectivity index (χ0n) is 14.4. The fourth-order valence-corrected chi connectivity index (χ4v) is 5.09. The number of amides is 1. The lowest BCUT2D eigenvalue weighted by molar-refractivity contribution is 0.0747. The number of benzene rings is 1. The molecule has 3 aromatic rings.